The summed E-state index contributed by atoms with van der Waals surface area (Å²) in [4.78, 5) is 12.8. The third-order valence-corrected chi connectivity index (χ3v) is 6.07. The van der Waals surface area contributed by atoms with Crippen LogP contribution in [0.3, 0.4) is 0 Å². The summed E-state index contributed by atoms with van der Waals surface area (Å²) in [5.41, 5.74) is 2.81. The van der Waals surface area contributed by atoms with E-state index in [9.17, 15) is 13.2 Å². The summed E-state index contributed by atoms with van der Waals surface area (Å²) in [6.45, 7) is 3.91. The molecule has 0 aliphatic rings. The minimum absolute atomic E-state index is 0.103. The second-order valence-electron chi connectivity index (χ2n) is 6.97. The van der Waals surface area contributed by atoms with Crippen LogP contribution in [0.5, 0.6) is 5.75 Å². The first-order chi connectivity index (χ1) is 14.3. The summed E-state index contributed by atoms with van der Waals surface area (Å²) in [5, 5.41) is 2.94. The van der Waals surface area contributed by atoms with Crippen LogP contribution in [0.4, 0.5) is 5.69 Å². The largest absolute Gasteiger partial charge is 0.497 e. The Morgan fingerprint density at radius 1 is 0.967 bits per heavy atom. The lowest BCUT2D eigenvalue weighted by molar-refractivity contribution is 0.0940. The van der Waals surface area contributed by atoms with Gasteiger partial charge in [0.15, 0.2) is 0 Å². The van der Waals surface area contributed by atoms with Gasteiger partial charge in [0.05, 0.1) is 18.0 Å². The second kappa shape index (κ2) is 9.00. The molecule has 6 nitrogen and oxygen atoms in total. The zero-order chi connectivity index (χ0) is 21.7. The Morgan fingerprint density at radius 2 is 1.63 bits per heavy atom. The van der Waals surface area contributed by atoms with Crippen molar-refractivity contribution in [1.29, 1.82) is 0 Å². The Balaban J connectivity index is 1.73. The number of rotatable bonds is 7. The highest BCUT2D eigenvalue weighted by Gasteiger charge is 2.16. The van der Waals surface area contributed by atoms with E-state index in [2.05, 4.69) is 10.0 Å². The van der Waals surface area contributed by atoms with Crippen LogP contribution in [0.25, 0.3) is 0 Å². The molecule has 0 fully saturated rings. The minimum atomic E-state index is -3.79. The lowest BCUT2D eigenvalue weighted by atomic mass is 10.1. The fourth-order valence-corrected chi connectivity index (χ4v) is 3.96. The standard InChI is InChI=1S/C23H24N2O4S/c1-16-7-9-18(10-8-16)17(2)24-23(26)19-5-4-6-20(15-19)25-30(27,28)22-13-11-21(29-3)12-14-22/h4-15,17,25H,1-3H3,(H,24,26). The van der Waals surface area contributed by atoms with Crippen LogP contribution >= 0.6 is 0 Å². The van der Waals surface area contributed by atoms with E-state index in [4.69, 9.17) is 4.74 Å². The molecule has 1 amide bonds. The summed E-state index contributed by atoms with van der Waals surface area (Å²) in [6, 6.07) is 20.2. The first-order valence-electron chi connectivity index (χ1n) is 9.43. The van der Waals surface area contributed by atoms with Gasteiger partial charge < -0.3 is 10.1 Å². The number of aryl methyl sites for hydroxylation is 1. The number of anilines is 1. The van der Waals surface area contributed by atoms with Gasteiger partial charge in [0.2, 0.25) is 0 Å². The van der Waals surface area contributed by atoms with E-state index in [1.807, 2.05) is 38.1 Å². The van der Waals surface area contributed by atoms with E-state index < -0.39 is 10.0 Å². The number of sulfonamides is 1. The number of hydrogen-bond donors (Lipinski definition) is 2. The van der Waals surface area contributed by atoms with Crippen molar-refractivity contribution in [2.24, 2.45) is 0 Å². The maximum absolute atomic E-state index is 12.7. The molecule has 0 bridgehead atoms. The quantitative estimate of drug-likeness (QED) is 0.592. The number of benzene rings is 3. The number of methoxy groups -OCH3 is 1. The van der Waals surface area contributed by atoms with Gasteiger partial charge in [0.1, 0.15) is 5.75 Å². The van der Waals surface area contributed by atoms with Crippen LogP contribution in [0.1, 0.15) is 34.5 Å². The average Bonchev–Trinajstić information content (AvgIpc) is 2.74. The average molecular weight is 425 g/mol. The molecule has 2 N–H and O–H groups in total. The first kappa shape index (κ1) is 21.4. The molecule has 3 rings (SSSR count). The molecule has 1 unspecified atom stereocenters. The van der Waals surface area contributed by atoms with Gasteiger partial charge >= 0.3 is 0 Å². The summed E-state index contributed by atoms with van der Waals surface area (Å²) < 4.78 is 32.8. The van der Waals surface area contributed by atoms with Crippen LogP contribution in [-0.2, 0) is 10.0 Å². The third kappa shape index (κ3) is 5.18. The van der Waals surface area contributed by atoms with Gasteiger partial charge in [-0.25, -0.2) is 8.42 Å². The number of amides is 1. The molecule has 0 radical (unpaired) electrons. The highest BCUT2D eigenvalue weighted by molar-refractivity contribution is 7.92. The molecule has 7 heteroatoms. The molecular weight excluding hydrogens is 400 g/mol. The van der Waals surface area contributed by atoms with E-state index in [0.29, 0.717) is 17.0 Å². The number of hydrogen-bond acceptors (Lipinski definition) is 4. The van der Waals surface area contributed by atoms with E-state index in [1.54, 1.807) is 30.3 Å². The maximum atomic E-state index is 12.7. The fourth-order valence-electron chi connectivity index (χ4n) is 2.91. The zero-order valence-electron chi connectivity index (χ0n) is 17.0. The van der Waals surface area contributed by atoms with Gasteiger partial charge in [0.25, 0.3) is 15.9 Å². The Bertz CT molecular complexity index is 1120. The Labute approximate surface area is 177 Å². The molecule has 0 spiro atoms. The molecule has 0 heterocycles. The van der Waals surface area contributed by atoms with Crippen LogP contribution in [0.2, 0.25) is 0 Å². The van der Waals surface area contributed by atoms with Crippen LogP contribution in [-0.4, -0.2) is 21.4 Å². The molecule has 0 aliphatic heterocycles. The predicted molar refractivity (Wildman–Crippen MR) is 117 cm³/mol. The van der Waals surface area contributed by atoms with Crippen LogP contribution in [0.15, 0.2) is 77.7 Å². The monoisotopic (exact) mass is 424 g/mol. The van der Waals surface area contributed by atoms with Crippen molar-refractivity contribution in [3.8, 4) is 5.75 Å². The number of carbonyl (C=O) groups excluding carboxylic acids is 1. The highest BCUT2D eigenvalue weighted by atomic mass is 32.2. The van der Waals surface area contributed by atoms with Crippen molar-refractivity contribution in [1.82, 2.24) is 5.32 Å². The van der Waals surface area contributed by atoms with Gasteiger partial charge in [-0.3, -0.25) is 9.52 Å². The summed E-state index contributed by atoms with van der Waals surface area (Å²) in [6.07, 6.45) is 0. The van der Waals surface area contributed by atoms with Crippen LogP contribution < -0.4 is 14.8 Å². The molecule has 3 aromatic rings. The van der Waals surface area contributed by atoms with Gasteiger partial charge in [-0.05, 0) is 61.9 Å². The van der Waals surface area contributed by atoms with Crippen molar-refractivity contribution < 1.29 is 17.9 Å². The first-order valence-corrected chi connectivity index (χ1v) is 10.9. The third-order valence-electron chi connectivity index (χ3n) is 4.67. The van der Waals surface area contributed by atoms with Gasteiger partial charge in [-0.15, -0.1) is 0 Å². The normalized spacial score (nSPS) is 12.1. The summed E-state index contributed by atoms with van der Waals surface area (Å²) >= 11 is 0. The molecule has 1 atom stereocenters. The molecule has 3 aromatic carbocycles. The number of carbonyl (C=O) groups is 1. The molecule has 0 aromatic heterocycles. The minimum Gasteiger partial charge on any atom is -0.497 e. The molecule has 0 saturated carbocycles. The number of nitrogens with one attached hydrogen (secondary N) is 2. The van der Waals surface area contributed by atoms with E-state index in [1.165, 1.54) is 25.3 Å². The SMILES string of the molecule is COc1ccc(S(=O)(=O)Nc2cccc(C(=O)NC(C)c3ccc(C)cc3)c2)cc1. The molecule has 0 aliphatic carbocycles. The molecule has 0 saturated heterocycles. The topological polar surface area (TPSA) is 84.5 Å². The van der Waals surface area contributed by atoms with Gasteiger partial charge in [-0.2, -0.15) is 0 Å². The smallest absolute Gasteiger partial charge is 0.261 e. The Morgan fingerprint density at radius 3 is 2.27 bits per heavy atom. The lowest BCUT2D eigenvalue weighted by Crippen LogP contribution is -2.26. The highest BCUT2D eigenvalue weighted by Crippen LogP contribution is 2.20. The molecule has 156 valence electrons. The summed E-state index contributed by atoms with van der Waals surface area (Å²) in [7, 11) is -2.28. The second-order valence-corrected chi connectivity index (χ2v) is 8.65. The summed E-state index contributed by atoms with van der Waals surface area (Å²) in [5.74, 6) is 0.281. The molecule has 30 heavy (non-hydrogen) atoms. The van der Waals surface area contributed by atoms with E-state index in [-0.39, 0.29) is 16.8 Å². The van der Waals surface area contributed by atoms with Crippen molar-refractivity contribution in [3.05, 3.63) is 89.5 Å². The van der Waals surface area contributed by atoms with Crippen LogP contribution in [0, 0.1) is 6.92 Å². The lowest BCUT2D eigenvalue weighted by Gasteiger charge is -2.15. The fraction of sp³-hybridized carbons (Fsp3) is 0.174. The predicted octanol–water partition coefficient (Wildman–Crippen LogP) is 4.30. The van der Waals surface area contributed by atoms with Crippen molar-refractivity contribution in [2.45, 2.75) is 24.8 Å². The zero-order valence-corrected chi connectivity index (χ0v) is 17.9. The maximum Gasteiger partial charge on any atom is 0.261 e. The van der Waals surface area contributed by atoms with E-state index in [0.717, 1.165) is 11.1 Å². The number of ether oxygens (including phenoxy) is 1. The Hall–Kier alpha value is -3.32. The Kier molecular flexibility index (Phi) is 6.42. The molecular formula is C23H24N2O4S. The van der Waals surface area contributed by atoms with Gasteiger partial charge in [0, 0.05) is 11.3 Å². The van der Waals surface area contributed by atoms with Crippen molar-refractivity contribution in [2.75, 3.05) is 11.8 Å². The van der Waals surface area contributed by atoms with Gasteiger partial charge in [-0.1, -0.05) is 35.9 Å². The van der Waals surface area contributed by atoms with E-state index >= 15 is 0 Å². The van der Waals surface area contributed by atoms with Crippen molar-refractivity contribution >= 4 is 21.6 Å². The van der Waals surface area contributed by atoms with Crippen molar-refractivity contribution in [3.63, 3.8) is 0 Å².